The molecule has 158 valence electrons. The fraction of sp³-hybridized carbons (Fsp3) is 0.136. The first-order valence-corrected chi connectivity index (χ1v) is 10.7. The Bertz CT molecular complexity index is 1230. The number of ketones is 1. The fourth-order valence-electron chi connectivity index (χ4n) is 3.35. The third kappa shape index (κ3) is 3.73. The smallest absolute Gasteiger partial charge is 0.301 e. The van der Waals surface area contributed by atoms with Gasteiger partial charge in [0.25, 0.3) is 5.78 Å². The van der Waals surface area contributed by atoms with Crippen molar-refractivity contribution >= 4 is 57.1 Å². The summed E-state index contributed by atoms with van der Waals surface area (Å²) in [5, 5.41) is 11.8. The summed E-state index contributed by atoms with van der Waals surface area (Å²) in [5.74, 6) is -2.61. The van der Waals surface area contributed by atoms with Crippen LogP contribution in [0.5, 0.6) is 0 Å². The van der Waals surface area contributed by atoms with E-state index in [0.717, 1.165) is 22.7 Å². The molecule has 0 aliphatic carbocycles. The number of carbonyl (C=O) groups excluding carboxylic acids is 2. The molecule has 4 rings (SSSR count). The van der Waals surface area contributed by atoms with Gasteiger partial charge in [-0.05, 0) is 55.8 Å². The van der Waals surface area contributed by atoms with Crippen LogP contribution in [0.3, 0.4) is 0 Å². The molecule has 3 aromatic rings. The van der Waals surface area contributed by atoms with Gasteiger partial charge in [-0.15, -0.1) is 11.3 Å². The largest absolute Gasteiger partial charge is 0.507 e. The van der Waals surface area contributed by atoms with Gasteiger partial charge in [0, 0.05) is 10.4 Å². The molecule has 0 unspecified atom stereocenters. The summed E-state index contributed by atoms with van der Waals surface area (Å²) in [4.78, 5) is 32.6. The Hall–Kier alpha value is -2.74. The van der Waals surface area contributed by atoms with Crippen LogP contribution in [0.25, 0.3) is 5.76 Å². The topological polar surface area (TPSA) is 70.5 Å². The summed E-state index contributed by atoms with van der Waals surface area (Å²) < 4.78 is 13.4. The molecule has 0 radical (unpaired) electrons. The van der Waals surface area contributed by atoms with E-state index >= 15 is 0 Å². The minimum Gasteiger partial charge on any atom is -0.507 e. The average molecular weight is 477 g/mol. The predicted molar refractivity (Wildman–Crippen MR) is 119 cm³/mol. The van der Waals surface area contributed by atoms with Crippen molar-refractivity contribution in [3.05, 3.63) is 85.6 Å². The van der Waals surface area contributed by atoms with Crippen LogP contribution in [0.1, 0.15) is 27.7 Å². The number of amides is 1. The Morgan fingerprint density at radius 2 is 1.77 bits per heavy atom. The van der Waals surface area contributed by atoms with Gasteiger partial charge in [0.1, 0.15) is 11.6 Å². The molecular weight excluding hydrogens is 462 g/mol. The summed E-state index contributed by atoms with van der Waals surface area (Å²) in [5.41, 5.74) is 1.27. The van der Waals surface area contributed by atoms with Gasteiger partial charge in [-0.25, -0.2) is 9.37 Å². The van der Waals surface area contributed by atoms with Crippen molar-refractivity contribution in [2.45, 2.75) is 19.9 Å². The molecule has 1 saturated heterocycles. The number of hydrogen-bond acceptors (Lipinski definition) is 5. The van der Waals surface area contributed by atoms with Gasteiger partial charge in [0.05, 0.1) is 27.4 Å². The number of aliphatic hydroxyl groups excluding tert-OH is 1. The number of aromatic nitrogens is 1. The van der Waals surface area contributed by atoms with Crippen LogP contribution in [0.2, 0.25) is 10.0 Å². The molecule has 0 bridgehead atoms. The third-order valence-corrected chi connectivity index (χ3v) is 6.86. The standard InChI is InChI=1S/C22H15Cl2FN2O3S/c1-10-11(2)31-22(26-10)27-18(13-5-8-15(23)16(24)9-13)17(20(29)21(27)30)19(28)12-3-6-14(25)7-4-12/h3-9,18,28H,1-2H3/t18-/m1/s1. The number of aryl methyl sites for hydroxylation is 2. The minimum absolute atomic E-state index is 0.138. The van der Waals surface area contributed by atoms with Crippen molar-refractivity contribution < 1.29 is 19.1 Å². The van der Waals surface area contributed by atoms with Crippen molar-refractivity contribution in [2.75, 3.05) is 4.90 Å². The highest BCUT2D eigenvalue weighted by atomic mass is 35.5. The first kappa shape index (κ1) is 21.5. The second-order valence-electron chi connectivity index (χ2n) is 6.99. The van der Waals surface area contributed by atoms with Crippen molar-refractivity contribution in [3.8, 4) is 0 Å². The van der Waals surface area contributed by atoms with Crippen LogP contribution < -0.4 is 4.90 Å². The van der Waals surface area contributed by atoms with E-state index in [1.807, 2.05) is 6.92 Å². The van der Waals surface area contributed by atoms with Crippen LogP contribution in [0.15, 0.2) is 48.0 Å². The molecule has 2 aromatic carbocycles. The Labute approximate surface area is 191 Å². The van der Waals surface area contributed by atoms with Crippen molar-refractivity contribution in [1.29, 1.82) is 0 Å². The third-order valence-electron chi connectivity index (χ3n) is 5.04. The van der Waals surface area contributed by atoms with Crippen LogP contribution in [-0.4, -0.2) is 21.8 Å². The lowest BCUT2D eigenvalue weighted by Crippen LogP contribution is -2.29. The second kappa shape index (κ2) is 8.07. The quantitative estimate of drug-likeness (QED) is 0.293. The summed E-state index contributed by atoms with van der Waals surface area (Å²) in [7, 11) is 0. The predicted octanol–water partition coefficient (Wildman–Crippen LogP) is 5.83. The maximum atomic E-state index is 13.4. The molecule has 1 aromatic heterocycles. The summed E-state index contributed by atoms with van der Waals surface area (Å²) >= 11 is 13.5. The number of anilines is 1. The monoisotopic (exact) mass is 476 g/mol. The summed E-state index contributed by atoms with van der Waals surface area (Å²) in [6.45, 7) is 3.67. The Morgan fingerprint density at radius 3 is 2.35 bits per heavy atom. The van der Waals surface area contributed by atoms with E-state index in [2.05, 4.69) is 4.98 Å². The van der Waals surface area contributed by atoms with Crippen LogP contribution in [0, 0.1) is 19.7 Å². The van der Waals surface area contributed by atoms with E-state index in [-0.39, 0.29) is 16.2 Å². The average Bonchev–Trinajstić information content (AvgIpc) is 3.20. The van der Waals surface area contributed by atoms with Gasteiger partial charge in [0.2, 0.25) is 0 Å². The fourth-order valence-corrected chi connectivity index (χ4v) is 4.59. The highest BCUT2D eigenvalue weighted by molar-refractivity contribution is 7.16. The summed E-state index contributed by atoms with van der Waals surface area (Å²) in [6, 6.07) is 8.73. The van der Waals surface area contributed by atoms with Gasteiger partial charge in [-0.1, -0.05) is 29.3 Å². The second-order valence-corrected chi connectivity index (χ2v) is 8.98. The van der Waals surface area contributed by atoms with Crippen LogP contribution in [0.4, 0.5) is 9.52 Å². The van der Waals surface area contributed by atoms with Crippen LogP contribution in [-0.2, 0) is 9.59 Å². The SMILES string of the molecule is Cc1nc(N2C(=O)C(=O)C(=C(O)c3ccc(F)cc3)[C@H]2c2ccc(Cl)c(Cl)c2)sc1C. The van der Waals surface area contributed by atoms with Gasteiger partial charge in [-0.2, -0.15) is 0 Å². The number of halogens is 3. The van der Waals surface area contributed by atoms with Crippen molar-refractivity contribution in [3.63, 3.8) is 0 Å². The van der Waals surface area contributed by atoms with Gasteiger partial charge >= 0.3 is 5.91 Å². The number of carbonyl (C=O) groups is 2. The lowest BCUT2D eigenvalue weighted by atomic mass is 9.95. The number of nitrogens with zero attached hydrogens (tertiary/aromatic N) is 2. The molecule has 2 heterocycles. The zero-order valence-corrected chi connectivity index (χ0v) is 18.6. The molecule has 1 atom stereocenters. The lowest BCUT2D eigenvalue weighted by Gasteiger charge is -2.23. The number of hydrogen-bond donors (Lipinski definition) is 1. The van der Waals surface area contributed by atoms with E-state index in [1.165, 1.54) is 28.4 Å². The van der Waals surface area contributed by atoms with Gasteiger partial charge in [-0.3, -0.25) is 14.5 Å². The molecule has 1 amide bonds. The highest BCUT2D eigenvalue weighted by Crippen LogP contribution is 2.44. The first-order valence-electron chi connectivity index (χ1n) is 9.15. The molecule has 9 heteroatoms. The number of benzene rings is 2. The maximum absolute atomic E-state index is 13.4. The van der Waals surface area contributed by atoms with E-state index in [9.17, 15) is 19.1 Å². The molecule has 1 aliphatic heterocycles. The van der Waals surface area contributed by atoms with Crippen molar-refractivity contribution in [2.24, 2.45) is 0 Å². The zero-order valence-electron chi connectivity index (χ0n) is 16.3. The molecule has 1 fully saturated rings. The molecule has 0 spiro atoms. The Morgan fingerprint density at radius 1 is 1.10 bits per heavy atom. The van der Waals surface area contributed by atoms with Crippen molar-refractivity contribution in [1.82, 2.24) is 4.98 Å². The van der Waals surface area contributed by atoms with Gasteiger partial charge < -0.3 is 5.11 Å². The van der Waals surface area contributed by atoms with Gasteiger partial charge in [0.15, 0.2) is 5.13 Å². The van der Waals surface area contributed by atoms with E-state index in [4.69, 9.17) is 23.2 Å². The lowest BCUT2D eigenvalue weighted by molar-refractivity contribution is -0.132. The Balaban J connectivity index is 1.97. The van der Waals surface area contributed by atoms with E-state index in [0.29, 0.717) is 15.7 Å². The molecule has 31 heavy (non-hydrogen) atoms. The number of aliphatic hydroxyl groups is 1. The minimum atomic E-state index is -0.982. The number of rotatable bonds is 3. The summed E-state index contributed by atoms with van der Waals surface area (Å²) in [6.07, 6.45) is 0. The number of Topliss-reactive ketones (excluding diaryl/α,β-unsaturated/α-hetero) is 1. The molecule has 1 aliphatic rings. The highest BCUT2D eigenvalue weighted by Gasteiger charge is 2.48. The zero-order chi connectivity index (χ0) is 22.4. The first-order chi connectivity index (χ1) is 14.7. The normalized spacial score (nSPS) is 18.1. The molecular formula is C22H15Cl2FN2O3S. The molecule has 5 nitrogen and oxygen atoms in total. The van der Waals surface area contributed by atoms with Crippen LogP contribution >= 0.6 is 34.5 Å². The number of thiazole rings is 1. The molecule has 0 saturated carbocycles. The Kier molecular flexibility index (Phi) is 5.60. The maximum Gasteiger partial charge on any atom is 0.301 e. The molecule has 1 N–H and O–H groups in total. The van der Waals surface area contributed by atoms with E-state index < -0.39 is 29.3 Å². The van der Waals surface area contributed by atoms with E-state index in [1.54, 1.807) is 25.1 Å².